The number of rotatable bonds is 7. The lowest BCUT2D eigenvalue weighted by atomic mass is 10.3. The molecule has 0 aliphatic carbocycles. The number of amides is 1. The smallest absolute Gasteiger partial charge is 0.237 e. The number of benzene rings is 1. The minimum absolute atomic E-state index is 0. The van der Waals surface area contributed by atoms with Crippen LogP contribution in [0.4, 0.5) is 5.69 Å². The van der Waals surface area contributed by atoms with Crippen LogP contribution in [0, 0.1) is 0 Å². The summed E-state index contributed by atoms with van der Waals surface area (Å²) in [6, 6.07) is 12.9. The minimum Gasteiger partial charge on any atom is -0.492 e. The van der Waals surface area contributed by atoms with E-state index in [2.05, 4.69) is 10.3 Å². The van der Waals surface area contributed by atoms with E-state index in [9.17, 15) is 4.79 Å². The van der Waals surface area contributed by atoms with E-state index in [0.29, 0.717) is 13.2 Å². The van der Waals surface area contributed by atoms with Crippen molar-refractivity contribution in [3.8, 4) is 5.75 Å². The van der Waals surface area contributed by atoms with Gasteiger partial charge in [0.15, 0.2) is 0 Å². The van der Waals surface area contributed by atoms with Gasteiger partial charge >= 0.3 is 0 Å². The molecule has 0 aliphatic heterocycles. The highest BCUT2D eigenvalue weighted by atomic mass is 35.5. The standard InChI is InChI=1S/C16H19N3O2S.ClH/c1-12(22-15-4-2-3-10-18-15)16(20)19-13-5-7-14(8-6-13)21-11-9-17;/h2-8,10,12H,9,11,17H2,1H3,(H,19,20);1H. The number of nitrogens with two attached hydrogens (primary N) is 1. The second-order valence-corrected chi connectivity index (χ2v) is 5.94. The number of hydrogen-bond donors (Lipinski definition) is 2. The molecule has 1 aromatic carbocycles. The Morgan fingerprint density at radius 1 is 1.30 bits per heavy atom. The fourth-order valence-corrected chi connectivity index (χ4v) is 2.51. The van der Waals surface area contributed by atoms with Crippen LogP contribution in [0.2, 0.25) is 0 Å². The monoisotopic (exact) mass is 353 g/mol. The Balaban J connectivity index is 0.00000264. The van der Waals surface area contributed by atoms with Gasteiger partial charge in [0, 0.05) is 18.4 Å². The fraction of sp³-hybridized carbons (Fsp3) is 0.250. The first kappa shape index (κ1) is 19.3. The quantitative estimate of drug-likeness (QED) is 0.748. The number of nitrogens with zero attached hydrogens (tertiary/aromatic N) is 1. The lowest BCUT2D eigenvalue weighted by molar-refractivity contribution is -0.115. The summed E-state index contributed by atoms with van der Waals surface area (Å²) in [5.41, 5.74) is 6.11. The molecule has 0 bridgehead atoms. The number of halogens is 1. The molecule has 23 heavy (non-hydrogen) atoms. The molecule has 124 valence electrons. The van der Waals surface area contributed by atoms with E-state index in [1.54, 1.807) is 6.20 Å². The van der Waals surface area contributed by atoms with Crippen molar-refractivity contribution < 1.29 is 9.53 Å². The number of thioether (sulfide) groups is 1. The molecule has 1 unspecified atom stereocenters. The molecule has 0 saturated heterocycles. The summed E-state index contributed by atoms with van der Waals surface area (Å²) >= 11 is 1.42. The first-order chi connectivity index (χ1) is 10.7. The van der Waals surface area contributed by atoms with Gasteiger partial charge in [-0.1, -0.05) is 17.8 Å². The predicted octanol–water partition coefficient (Wildman–Crippen LogP) is 2.96. The van der Waals surface area contributed by atoms with Gasteiger partial charge in [0.25, 0.3) is 0 Å². The molecule has 0 aliphatic rings. The van der Waals surface area contributed by atoms with Crippen LogP contribution in [0.15, 0.2) is 53.7 Å². The SMILES string of the molecule is CC(Sc1ccccn1)C(=O)Nc1ccc(OCCN)cc1.Cl. The second-order valence-electron chi connectivity index (χ2n) is 4.58. The van der Waals surface area contributed by atoms with Crippen molar-refractivity contribution >= 4 is 35.8 Å². The van der Waals surface area contributed by atoms with Crippen molar-refractivity contribution in [2.24, 2.45) is 5.73 Å². The molecule has 1 aromatic heterocycles. The molecule has 1 amide bonds. The summed E-state index contributed by atoms with van der Waals surface area (Å²) in [7, 11) is 0. The summed E-state index contributed by atoms with van der Waals surface area (Å²) in [4.78, 5) is 16.4. The molecule has 2 rings (SSSR count). The Bertz CT molecular complexity index is 596. The molecule has 0 spiro atoms. The zero-order valence-electron chi connectivity index (χ0n) is 12.8. The lowest BCUT2D eigenvalue weighted by Crippen LogP contribution is -2.22. The van der Waals surface area contributed by atoms with Gasteiger partial charge in [0.1, 0.15) is 12.4 Å². The lowest BCUT2D eigenvalue weighted by Gasteiger charge is -2.12. The maximum Gasteiger partial charge on any atom is 0.237 e. The zero-order valence-corrected chi connectivity index (χ0v) is 14.4. The van der Waals surface area contributed by atoms with Crippen LogP contribution in [0.1, 0.15) is 6.92 Å². The number of nitrogens with one attached hydrogen (secondary N) is 1. The first-order valence-corrected chi connectivity index (χ1v) is 7.88. The van der Waals surface area contributed by atoms with Crippen molar-refractivity contribution in [3.05, 3.63) is 48.7 Å². The van der Waals surface area contributed by atoms with Crippen molar-refractivity contribution in [1.29, 1.82) is 0 Å². The van der Waals surface area contributed by atoms with E-state index in [1.165, 1.54) is 11.8 Å². The molecule has 7 heteroatoms. The van der Waals surface area contributed by atoms with Gasteiger partial charge in [-0.2, -0.15) is 0 Å². The molecule has 5 nitrogen and oxygen atoms in total. The number of hydrogen-bond acceptors (Lipinski definition) is 5. The molecule has 2 aromatic rings. The highest BCUT2D eigenvalue weighted by Crippen LogP contribution is 2.22. The molecular weight excluding hydrogens is 334 g/mol. The van der Waals surface area contributed by atoms with Gasteiger partial charge < -0.3 is 15.8 Å². The maximum atomic E-state index is 12.2. The number of ether oxygens (including phenoxy) is 1. The summed E-state index contributed by atoms with van der Waals surface area (Å²) < 4.78 is 5.39. The average Bonchev–Trinajstić information content (AvgIpc) is 2.55. The average molecular weight is 354 g/mol. The molecule has 1 heterocycles. The largest absolute Gasteiger partial charge is 0.492 e. The maximum absolute atomic E-state index is 12.2. The first-order valence-electron chi connectivity index (χ1n) is 7.00. The van der Waals surface area contributed by atoms with Crippen molar-refractivity contribution in [2.45, 2.75) is 17.2 Å². The summed E-state index contributed by atoms with van der Waals surface area (Å²) in [6.45, 7) is 2.80. The molecule has 1 atom stereocenters. The van der Waals surface area contributed by atoms with Gasteiger partial charge in [0.05, 0.1) is 10.3 Å². The Kier molecular flexibility index (Phi) is 8.47. The van der Waals surface area contributed by atoms with Crippen LogP contribution in [0.25, 0.3) is 0 Å². The Hall–Kier alpha value is -1.76. The second kappa shape index (κ2) is 10.1. The number of pyridine rings is 1. The van der Waals surface area contributed by atoms with E-state index in [1.807, 2.05) is 49.4 Å². The summed E-state index contributed by atoms with van der Waals surface area (Å²) in [5, 5.41) is 3.47. The predicted molar refractivity (Wildman–Crippen MR) is 96.4 cm³/mol. The van der Waals surface area contributed by atoms with Crippen LogP contribution in [0.3, 0.4) is 0 Å². The fourth-order valence-electron chi connectivity index (χ4n) is 1.71. The Morgan fingerprint density at radius 2 is 2.04 bits per heavy atom. The third kappa shape index (κ3) is 6.48. The van der Waals surface area contributed by atoms with Crippen LogP contribution in [0.5, 0.6) is 5.75 Å². The van der Waals surface area contributed by atoms with Crippen molar-refractivity contribution in [2.75, 3.05) is 18.5 Å². The zero-order chi connectivity index (χ0) is 15.8. The molecule has 0 fully saturated rings. The van der Waals surface area contributed by atoms with Crippen molar-refractivity contribution in [3.63, 3.8) is 0 Å². The van der Waals surface area contributed by atoms with E-state index in [4.69, 9.17) is 10.5 Å². The van der Waals surface area contributed by atoms with Crippen molar-refractivity contribution in [1.82, 2.24) is 4.98 Å². The van der Waals surface area contributed by atoms with Gasteiger partial charge in [-0.05, 0) is 43.3 Å². The topological polar surface area (TPSA) is 77.2 Å². The molecular formula is C16H20ClN3O2S. The van der Waals surface area contributed by atoms with Crippen LogP contribution in [-0.2, 0) is 4.79 Å². The number of anilines is 1. The highest BCUT2D eigenvalue weighted by Gasteiger charge is 2.15. The molecule has 0 radical (unpaired) electrons. The Labute approximate surface area is 146 Å². The minimum atomic E-state index is -0.233. The van der Waals surface area contributed by atoms with E-state index >= 15 is 0 Å². The van der Waals surface area contributed by atoms with Gasteiger partial charge in [-0.3, -0.25) is 4.79 Å². The normalized spacial score (nSPS) is 11.2. The third-order valence-corrected chi connectivity index (χ3v) is 3.86. The van der Waals surface area contributed by atoms with Gasteiger partial charge in [-0.15, -0.1) is 12.4 Å². The summed E-state index contributed by atoms with van der Waals surface area (Å²) in [5.74, 6) is 0.672. The van der Waals surface area contributed by atoms with Crippen LogP contribution in [-0.4, -0.2) is 29.3 Å². The summed E-state index contributed by atoms with van der Waals surface area (Å²) in [6.07, 6.45) is 1.72. The Morgan fingerprint density at radius 3 is 2.65 bits per heavy atom. The van der Waals surface area contributed by atoms with E-state index < -0.39 is 0 Å². The highest BCUT2D eigenvalue weighted by molar-refractivity contribution is 8.00. The van der Waals surface area contributed by atoms with E-state index in [0.717, 1.165) is 16.5 Å². The van der Waals surface area contributed by atoms with Crippen LogP contribution < -0.4 is 15.8 Å². The number of carbonyl (C=O) groups is 1. The number of aromatic nitrogens is 1. The van der Waals surface area contributed by atoms with Gasteiger partial charge in [-0.25, -0.2) is 4.98 Å². The van der Waals surface area contributed by atoms with E-state index in [-0.39, 0.29) is 23.6 Å². The van der Waals surface area contributed by atoms with Crippen LogP contribution >= 0.6 is 24.2 Å². The third-order valence-electron chi connectivity index (χ3n) is 2.81. The molecule has 0 saturated carbocycles. The number of carbonyl (C=O) groups excluding carboxylic acids is 1. The molecule has 3 N–H and O–H groups in total. The van der Waals surface area contributed by atoms with Gasteiger partial charge in [0.2, 0.25) is 5.91 Å².